The molecule has 2 aliphatic heterocycles. The van der Waals surface area contributed by atoms with Crippen LogP contribution in [-0.2, 0) is 10.2 Å². The Morgan fingerprint density at radius 1 is 1.19 bits per heavy atom. The van der Waals surface area contributed by atoms with Gasteiger partial charge >= 0.3 is 0 Å². The monoisotopic (exact) mass is 430 g/mol. The van der Waals surface area contributed by atoms with E-state index in [1.165, 1.54) is 5.56 Å². The van der Waals surface area contributed by atoms with E-state index < -0.39 is 0 Å². The van der Waals surface area contributed by atoms with Gasteiger partial charge in [0.2, 0.25) is 0 Å². The van der Waals surface area contributed by atoms with Gasteiger partial charge in [-0.15, -0.1) is 0 Å². The second-order valence-electron chi connectivity index (χ2n) is 9.32. The van der Waals surface area contributed by atoms with E-state index >= 15 is 0 Å². The molecule has 0 aliphatic carbocycles. The zero-order valence-corrected chi connectivity index (χ0v) is 20.1. The van der Waals surface area contributed by atoms with Crippen LogP contribution in [0.25, 0.3) is 0 Å². The number of nitrogens with zero attached hydrogens (tertiary/aromatic N) is 2. The van der Waals surface area contributed by atoms with E-state index in [9.17, 15) is 0 Å². The lowest BCUT2D eigenvalue weighted by atomic mass is 9.74. The predicted octanol–water partition coefficient (Wildman–Crippen LogP) is 3.42. The zero-order chi connectivity index (χ0) is 22.3. The number of ether oxygens (including phenoxy) is 2. The molecule has 2 aliphatic rings. The number of guanidine groups is 1. The number of likely N-dealkylation sites (tertiary alicyclic amines) is 1. The van der Waals surface area contributed by atoms with Crippen molar-refractivity contribution in [2.45, 2.75) is 65.0 Å². The maximum Gasteiger partial charge on any atom is 0.191 e. The Hall–Kier alpha value is -1.79. The second-order valence-corrected chi connectivity index (χ2v) is 9.32. The first-order valence-corrected chi connectivity index (χ1v) is 12.1. The van der Waals surface area contributed by atoms with E-state index in [0.717, 1.165) is 63.9 Å². The van der Waals surface area contributed by atoms with Gasteiger partial charge in [-0.05, 0) is 64.2 Å². The van der Waals surface area contributed by atoms with Gasteiger partial charge in [0.05, 0.1) is 13.2 Å². The molecule has 0 amide bonds. The minimum atomic E-state index is 0.0105. The minimum absolute atomic E-state index is 0.0105. The molecule has 0 saturated carbocycles. The van der Waals surface area contributed by atoms with E-state index in [0.29, 0.717) is 24.6 Å². The Balaban J connectivity index is 1.75. The van der Waals surface area contributed by atoms with Gasteiger partial charge in [0, 0.05) is 50.3 Å². The fourth-order valence-electron chi connectivity index (χ4n) is 4.71. The highest BCUT2D eigenvalue weighted by molar-refractivity contribution is 5.80. The van der Waals surface area contributed by atoms with Crippen molar-refractivity contribution in [2.75, 3.05) is 46.0 Å². The average molecular weight is 431 g/mol. The Labute approximate surface area is 188 Å². The standard InChI is InChI=1S/C25H42N4O2/c1-6-26-24(28-23-17-29(19(3)4)16-20(23)5)27-18-25(12-14-30-15-13-25)21-8-10-22(11-9-21)31-7-2/h8-11,19-20,23H,6-7,12-18H2,1-5H3,(H2,26,27,28). The van der Waals surface area contributed by atoms with Gasteiger partial charge < -0.3 is 20.1 Å². The van der Waals surface area contributed by atoms with E-state index in [1.807, 2.05) is 6.92 Å². The Bertz CT molecular complexity index is 698. The molecular formula is C25H42N4O2. The van der Waals surface area contributed by atoms with Crippen molar-refractivity contribution in [1.29, 1.82) is 0 Å². The lowest BCUT2D eigenvalue weighted by molar-refractivity contribution is 0.0531. The van der Waals surface area contributed by atoms with Crippen molar-refractivity contribution in [3.63, 3.8) is 0 Å². The van der Waals surface area contributed by atoms with E-state index in [1.54, 1.807) is 0 Å². The van der Waals surface area contributed by atoms with Crippen LogP contribution in [0, 0.1) is 5.92 Å². The lowest BCUT2D eigenvalue weighted by Crippen LogP contribution is -2.47. The normalized spacial score (nSPS) is 24.4. The zero-order valence-electron chi connectivity index (χ0n) is 20.1. The van der Waals surface area contributed by atoms with E-state index in [4.69, 9.17) is 14.5 Å². The Morgan fingerprint density at radius 2 is 1.90 bits per heavy atom. The smallest absolute Gasteiger partial charge is 0.191 e. The van der Waals surface area contributed by atoms with Crippen molar-refractivity contribution in [1.82, 2.24) is 15.5 Å². The topological polar surface area (TPSA) is 58.1 Å². The molecule has 6 nitrogen and oxygen atoms in total. The number of benzene rings is 1. The van der Waals surface area contributed by atoms with Crippen LogP contribution in [-0.4, -0.2) is 68.9 Å². The van der Waals surface area contributed by atoms with E-state index in [-0.39, 0.29) is 5.41 Å². The summed E-state index contributed by atoms with van der Waals surface area (Å²) in [6.45, 7) is 17.1. The maximum atomic E-state index is 5.71. The molecule has 6 heteroatoms. The lowest BCUT2D eigenvalue weighted by Gasteiger charge is -2.37. The minimum Gasteiger partial charge on any atom is -0.494 e. The number of hydrogen-bond donors (Lipinski definition) is 2. The van der Waals surface area contributed by atoms with Gasteiger partial charge in [-0.3, -0.25) is 9.89 Å². The summed E-state index contributed by atoms with van der Waals surface area (Å²) in [5.74, 6) is 2.47. The predicted molar refractivity (Wildman–Crippen MR) is 128 cm³/mol. The van der Waals surface area contributed by atoms with Crippen LogP contribution in [0.3, 0.4) is 0 Å². The average Bonchev–Trinajstić information content (AvgIpc) is 3.14. The van der Waals surface area contributed by atoms with Crippen molar-refractivity contribution in [2.24, 2.45) is 10.9 Å². The molecule has 2 unspecified atom stereocenters. The molecular weight excluding hydrogens is 388 g/mol. The first-order chi connectivity index (χ1) is 15.0. The second kappa shape index (κ2) is 11.2. The van der Waals surface area contributed by atoms with E-state index in [2.05, 4.69) is 67.5 Å². The van der Waals surface area contributed by atoms with Crippen LogP contribution < -0.4 is 15.4 Å². The highest BCUT2D eigenvalue weighted by Gasteiger charge is 2.35. The Kier molecular flexibility index (Phi) is 8.61. The largest absolute Gasteiger partial charge is 0.494 e. The maximum absolute atomic E-state index is 5.71. The van der Waals surface area contributed by atoms with Crippen molar-refractivity contribution < 1.29 is 9.47 Å². The summed E-state index contributed by atoms with van der Waals surface area (Å²) < 4.78 is 11.4. The van der Waals surface area contributed by atoms with Crippen LogP contribution >= 0.6 is 0 Å². The first kappa shape index (κ1) is 23.9. The summed E-state index contributed by atoms with van der Waals surface area (Å²) in [4.78, 5) is 7.65. The third-order valence-corrected chi connectivity index (χ3v) is 6.80. The van der Waals surface area contributed by atoms with Crippen LogP contribution in [0.2, 0.25) is 0 Å². The van der Waals surface area contributed by atoms with Crippen LogP contribution in [0.5, 0.6) is 5.75 Å². The molecule has 2 heterocycles. The highest BCUT2D eigenvalue weighted by Crippen LogP contribution is 2.36. The molecule has 0 spiro atoms. The van der Waals surface area contributed by atoms with Gasteiger partial charge in [-0.2, -0.15) is 0 Å². The molecule has 174 valence electrons. The van der Waals surface area contributed by atoms with Gasteiger partial charge in [0.1, 0.15) is 5.75 Å². The van der Waals surface area contributed by atoms with Crippen LogP contribution in [0.15, 0.2) is 29.3 Å². The third kappa shape index (κ3) is 6.13. The molecule has 2 fully saturated rings. The molecule has 2 saturated heterocycles. The number of hydrogen-bond acceptors (Lipinski definition) is 4. The summed E-state index contributed by atoms with van der Waals surface area (Å²) in [6.07, 6.45) is 1.98. The molecule has 31 heavy (non-hydrogen) atoms. The van der Waals surface area contributed by atoms with Crippen molar-refractivity contribution >= 4 is 5.96 Å². The Morgan fingerprint density at radius 3 is 2.48 bits per heavy atom. The summed E-state index contributed by atoms with van der Waals surface area (Å²) in [6, 6.07) is 9.61. The van der Waals surface area contributed by atoms with Crippen molar-refractivity contribution in [3.8, 4) is 5.75 Å². The molecule has 3 rings (SSSR count). The first-order valence-electron chi connectivity index (χ1n) is 12.1. The van der Waals surface area contributed by atoms with Crippen LogP contribution in [0.4, 0.5) is 0 Å². The molecule has 1 aromatic carbocycles. The van der Waals surface area contributed by atoms with Crippen LogP contribution in [0.1, 0.15) is 53.0 Å². The summed E-state index contributed by atoms with van der Waals surface area (Å²) >= 11 is 0. The van der Waals surface area contributed by atoms with Gasteiger partial charge in [0.15, 0.2) is 5.96 Å². The quantitative estimate of drug-likeness (QED) is 0.489. The van der Waals surface area contributed by atoms with Gasteiger partial charge in [0.25, 0.3) is 0 Å². The van der Waals surface area contributed by atoms with Crippen molar-refractivity contribution in [3.05, 3.63) is 29.8 Å². The fourth-order valence-corrected chi connectivity index (χ4v) is 4.71. The third-order valence-electron chi connectivity index (χ3n) is 6.80. The summed E-state index contributed by atoms with van der Waals surface area (Å²) in [5, 5.41) is 7.21. The molecule has 0 bridgehead atoms. The number of nitrogens with one attached hydrogen (secondary N) is 2. The summed E-state index contributed by atoms with van der Waals surface area (Å²) in [7, 11) is 0. The SMILES string of the molecule is CCNC(=NCC1(c2ccc(OCC)cc2)CCOCC1)NC1CN(C(C)C)CC1C. The molecule has 0 aromatic heterocycles. The number of aliphatic imine (C=N–C) groups is 1. The molecule has 2 atom stereocenters. The highest BCUT2D eigenvalue weighted by atomic mass is 16.5. The molecule has 1 aromatic rings. The summed E-state index contributed by atoms with van der Waals surface area (Å²) in [5.41, 5.74) is 1.34. The molecule has 0 radical (unpaired) electrons. The molecule has 2 N–H and O–H groups in total. The van der Waals surface area contributed by atoms with Gasteiger partial charge in [-0.25, -0.2) is 0 Å². The van der Waals surface area contributed by atoms with Gasteiger partial charge in [-0.1, -0.05) is 19.1 Å². The fraction of sp³-hybridized carbons (Fsp3) is 0.720. The number of rotatable bonds is 8.